The minimum atomic E-state index is -0.0762. The molecule has 2 nitrogen and oxygen atoms in total. The molecule has 1 N–H and O–H groups in total. The highest BCUT2D eigenvalue weighted by Crippen LogP contribution is 2.29. The zero-order chi connectivity index (χ0) is 12.3. The zero-order valence-electron chi connectivity index (χ0n) is 9.23. The van der Waals surface area contributed by atoms with Crippen molar-refractivity contribution < 1.29 is 4.79 Å². The molecule has 17 heavy (non-hydrogen) atoms. The van der Waals surface area contributed by atoms with Crippen molar-refractivity contribution in [3.05, 3.63) is 38.9 Å². The maximum atomic E-state index is 11.6. The quantitative estimate of drug-likeness (QED) is 0.678. The molecule has 5 heteroatoms. The van der Waals surface area contributed by atoms with E-state index in [-0.39, 0.29) is 5.91 Å². The van der Waals surface area contributed by atoms with Gasteiger partial charge in [0, 0.05) is 4.88 Å². The van der Waals surface area contributed by atoms with Crippen LogP contribution in [0.4, 0.5) is 0 Å². The fourth-order valence-corrected chi connectivity index (χ4v) is 3.23. The Morgan fingerprint density at radius 1 is 1.59 bits per heavy atom. The highest BCUT2D eigenvalue weighted by atomic mass is 32.2. The molecule has 2 heterocycles. The van der Waals surface area contributed by atoms with Gasteiger partial charge in [0.15, 0.2) is 0 Å². The van der Waals surface area contributed by atoms with E-state index in [4.69, 9.17) is 12.2 Å². The van der Waals surface area contributed by atoms with Gasteiger partial charge in [-0.25, -0.2) is 0 Å². The number of nitrogens with one attached hydrogen (secondary N) is 1. The lowest BCUT2D eigenvalue weighted by atomic mass is 10.1. The van der Waals surface area contributed by atoms with Gasteiger partial charge >= 0.3 is 0 Å². The van der Waals surface area contributed by atoms with Gasteiger partial charge < -0.3 is 5.32 Å². The monoisotopic (exact) mass is 281 g/mol. The van der Waals surface area contributed by atoms with E-state index in [1.165, 1.54) is 16.6 Å². The second-order valence-electron chi connectivity index (χ2n) is 3.40. The van der Waals surface area contributed by atoms with E-state index in [0.29, 0.717) is 4.32 Å². The van der Waals surface area contributed by atoms with Crippen molar-refractivity contribution in [1.29, 1.82) is 0 Å². The van der Waals surface area contributed by atoms with Crippen LogP contribution in [0.3, 0.4) is 0 Å². The Balaban J connectivity index is 2.25. The summed E-state index contributed by atoms with van der Waals surface area (Å²) < 4.78 is 0.542. The molecule has 2 rings (SSSR count). The first-order chi connectivity index (χ1) is 8.20. The largest absolute Gasteiger partial charge is 0.307 e. The summed E-state index contributed by atoms with van der Waals surface area (Å²) in [5.74, 6) is -0.0762. The second kappa shape index (κ2) is 5.62. The number of rotatable bonds is 3. The number of allylic oxidation sites excluding steroid dienone is 2. The van der Waals surface area contributed by atoms with Crippen molar-refractivity contribution in [3.8, 4) is 0 Å². The minimum Gasteiger partial charge on any atom is -0.307 e. The molecule has 1 aliphatic heterocycles. The average Bonchev–Trinajstić information content (AvgIpc) is 2.90. The molecule has 0 radical (unpaired) electrons. The number of hydrogen-bond acceptors (Lipinski definition) is 4. The number of carbonyl (C=O) groups excluding carboxylic acids is 1. The van der Waals surface area contributed by atoms with Crippen molar-refractivity contribution in [2.75, 3.05) is 0 Å². The predicted octanol–water partition coefficient (Wildman–Crippen LogP) is 3.57. The molecule has 0 aliphatic carbocycles. The van der Waals surface area contributed by atoms with Gasteiger partial charge in [0.05, 0.1) is 4.91 Å². The van der Waals surface area contributed by atoms with Gasteiger partial charge in [-0.2, -0.15) is 0 Å². The number of thioether (sulfide) groups is 1. The Morgan fingerprint density at radius 2 is 2.41 bits per heavy atom. The number of amides is 1. The van der Waals surface area contributed by atoms with Gasteiger partial charge in [0.1, 0.15) is 4.32 Å². The van der Waals surface area contributed by atoms with Crippen molar-refractivity contribution in [2.24, 2.45) is 0 Å². The molecule has 1 aromatic heterocycles. The summed E-state index contributed by atoms with van der Waals surface area (Å²) >= 11 is 8.00. The van der Waals surface area contributed by atoms with Crippen LogP contribution >= 0.6 is 35.3 Å². The first kappa shape index (κ1) is 12.5. The Kier molecular flexibility index (Phi) is 4.15. The molecule has 0 atom stereocenters. The van der Waals surface area contributed by atoms with Crippen LogP contribution < -0.4 is 5.32 Å². The van der Waals surface area contributed by atoms with E-state index in [0.717, 1.165) is 16.9 Å². The third kappa shape index (κ3) is 3.06. The van der Waals surface area contributed by atoms with E-state index < -0.39 is 0 Å². The van der Waals surface area contributed by atoms with E-state index >= 15 is 0 Å². The van der Waals surface area contributed by atoms with Gasteiger partial charge in [0.25, 0.3) is 5.91 Å². The number of thiophene rings is 1. The predicted molar refractivity (Wildman–Crippen MR) is 79.0 cm³/mol. The molecule has 0 unspecified atom stereocenters. The van der Waals surface area contributed by atoms with Crippen LogP contribution in [0.5, 0.6) is 0 Å². The summed E-state index contributed by atoms with van der Waals surface area (Å²) in [7, 11) is 0. The van der Waals surface area contributed by atoms with E-state index in [1.807, 2.05) is 36.6 Å². The van der Waals surface area contributed by atoms with Crippen LogP contribution in [0.15, 0.2) is 34.1 Å². The molecule has 1 amide bonds. The van der Waals surface area contributed by atoms with E-state index in [2.05, 4.69) is 5.32 Å². The SMILES string of the molecule is CCC(/C=C/c1cccs1)=C1/SC(=S)NC1=O. The summed E-state index contributed by atoms with van der Waals surface area (Å²) in [5, 5.41) is 4.67. The molecule has 0 saturated carbocycles. The minimum absolute atomic E-state index is 0.0762. The molecule has 0 bridgehead atoms. The first-order valence-electron chi connectivity index (χ1n) is 5.18. The highest BCUT2D eigenvalue weighted by molar-refractivity contribution is 8.26. The molecular weight excluding hydrogens is 270 g/mol. The van der Waals surface area contributed by atoms with E-state index in [9.17, 15) is 4.79 Å². The Bertz CT molecular complexity index is 500. The second-order valence-corrected chi connectivity index (χ2v) is 6.07. The summed E-state index contributed by atoms with van der Waals surface area (Å²) in [6.45, 7) is 2.04. The molecule has 1 saturated heterocycles. The van der Waals surface area contributed by atoms with Gasteiger partial charge in [0.2, 0.25) is 0 Å². The van der Waals surface area contributed by atoms with Gasteiger partial charge in [-0.15, -0.1) is 11.3 Å². The maximum absolute atomic E-state index is 11.6. The third-order valence-electron chi connectivity index (χ3n) is 2.28. The topological polar surface area (TPSA) is 29.1 Å². The lowest BCUT2D eigenvalue weighted by molar-refractivity contribution is -0.115. The highest BCUT2D eigenvalue weighted by Gasteiger charge is 2.24. The van der Waals surface area contributed by atoms with Gasteiger partial charge in [-0.3, -0.25) is 4.79 Å². The van der Waals surface area contributed by atoms with Crippen LogP contribution in [-0.2, 0) is 4.79 Å². The van der Waals surface area contributed by atoms with Crippen LogP contribution in [0.2, 0.25) is 0 Å². The fraction of sp³-hybridized carbons (Fsp3) is 0.167. The first-order valence-corrected chi connectivity index (χ1v) is 7.29. The normalized spacial score (nSPS) is 18.9. The van der Waals surface area contributed by atoms with Crippen LogP contribution in [0.1, 0.15) is 18.2 Å². The molecule has 1 aliphatic rings. The van der Waals surface area contributed by atoms with Crippen LogP contribution in [0, 0.1) is 0 Å². The van der Waals surface area contributed by atoms with Crippen LogP contribution in [-0.4, -0.2) is 10.2 Å². The third-order valence-corrected chi connectivity index (χ3v) is 4.41. The molecule has 88 valence electrons. The Morgan fingerprint density at radius 3 is 2.94 bits per heavy atom. The summed E-state index contributed by atoms with van der Waals surface area (Å²) in [4.78, 5) is 13.5. The summed E-state index contributed by atoms with van der Waals surface area (Å²) in [6.07, 6.45) is 4.85. The number of thiocarbonyl (C=S) groups is 1. The lowest BCUT2D eigenvalue weighted by Crippen LogP contribution is -2.18. The molecule has 0 aromatic carbocycles. The van der Waals surface area contributed by atoms with Crippen molar-refractivity contribution in [1.82, 2.24) is 5.32 Å². The molecular formula is C12H11NOS3. The maximum Gasteiger partial charge on any atom is 0.263 e. The zero-order valence-corrected chi connectivity index (χ0v) is 11.7. The van der Waals surface area contributed by atoms with Gasteiger partial charge in [-0.1, -0.05) is 43.0 Å². The van der Waals surface area contributed by atoms with Crippen LogP contribution in [0.25, 0.3) is 6.08 Å². The number of hydrogen-bond donors (Lipinski definition) is 1. The standard InChI is InChI=1S/C12H11NOS3/c1-2-8(5-6-9-4-3-7-16-9)10-11(14)13-12(15)17-10/h3-7H,2H2,1H3,(H,13,14,15)/b6-5+,10-8-. The average molecular weight is 281 g/mol. The fourth-order valence-electron chi connectivity index (χ4n) is 1.45. The summed E-state index contributed by atoms with van der Waals surface area (Å²) in [6, 6.07) is 4.06. The number of carbonyl (C=O) groups is 1. The Hall–Kier alpha value is -0.910. The van der Waals surface area contributed by atoms with Gasteiger partial charge in [-0.05, 0) is 29.5 Å². The summed E-state index contributed by atoms with van der Waals surface area (Å²) in [5.41, 5.74) is 1.03. The smallest absolute Gasteiger partial charge is 0.263 e. The Labute approximate surface area is 114 Å². The van der Waals surface area contributed by atoms with Crippen molar-refractivity contribution >= 4 is 51.6 Å². The molecule has 0 spiro atoms. The van der Waals surface area contributed by atoms with E-state index in [1.54, 1.807) is 11.3 Å². The van der Waals surface area contributed by atoms with Crippen molar-refractivity contribution in [3.63, 3.8) is 0 Å². The van der Waals surface area contributed by atoms with Crippen molar-refractivity contribution in [2.45, 2.75) is 13.3 Å². The molecule has 1 aromatic rings. The molecule has 1 fully saturated rings. The lowest BCUT2D eigenvalue weighted by Gasteiger charge is -1.99.